The quantitative estimate of drug-likeness (QED) is 0.797. The van der Waals surface area contributed by atoms with Gasteiger partial charge in [0.15, 0.2) is 5.13 Å². The van der Waals surface area contributed by atoms with Gasteiger partial charge in [-0.25, -0.2) is 4.98 Å². The molecule has 1 rings (SSSR count). The summed E-state index contributed by atoms with van der Waals surface area (Å²) in [6.07, 6.45) is -3.33. The molecule has 0 aromatic carbocycles. The van der Waals surface area contributed by atoms with E-state index in [0.29, 0.717) is 17.9 Å². The Morgan fingerprint density at radius 1 is 1.57 bits per heavy atom. The zero-order valence-corrected chi connectivity index (χ0v) is 7.74. The fraction of sp³-hybridized carbons (Fsp3) is 0.429. The highest BCUT2D eigenvalue weighted by atomic mass is 32.1. The van der Waals surface area contributed by atoms with Crippen molar-refractivity contribution in [2.45, 2.75) is 12.6 Å². The van der Waals surface area contributed by atoms with Crippen LogP contribution in [0.4, 0.5) is 18.3 Å². The van der Waals surface area contributed by atoms with Crippen molar-refractivity contribution in [1.82, 2.24) is 4.98 Å². The Labute approximate surface area is 82.2 Å². The van der Waals surface area contributed by atoms with Crippen molar-refractivity contribution in [2.75, 3.05) is 11.9 Å². The highest BCUT2D eigenvalue weighted by Crippen LogP contribution is 2.34. The van der Waals surface area contributed by atoms with Crippen molar-refractivity contribution in [3.63, 3.8) is 0 Å². The molecule has 0 saturated carbocycles. The molecule has 1 N–H and O–H groups in total. The summed E-state index contributed by atoms with van der Waals surface area (Å²) in [7, 11) is 0. The van der Waals surface area contributed by atoms with Crippen LogP contribution in [0.2, 0.25) is 0 Å². The zero-order chi connectivity index (χ0) is 10.6. The summed E-state index contributed by atoms with van der Waals surface area (Å²) in [5, 5.41) is 11.0. The van der Waals surface area contributed by atoms with Crippen molar-refractivity contribution in [3.05, 3.63) is 11.1 Å². The number of rotatable bonds is 3. The molecule has 7 heteroatoms. The summed E-state index contributed by atoms with van der Waals surface area (Å²) in [6.45, 7) is 0.307. The van der Waals surface area contributed by atoms with Crippen LogP contribution in [0.3, 0.4) is 0 Å². The summed E-state index contributed by atoms with van der Waals surface area (Å²) in [4.78, 5) is 2.79. The van der Waals surface area contributed by atoms with E-state index in [2.05, 4.69) is 10.3 Å². The molecular formula is C7H6F3N3S. The van der Waals surface area contributed by atoms with Gasteiger partial charge in [0, 0.05) is 6.54 Å². The molecule has 0 unspecified atom stereocenters. The summed E-state index contributed by atoms with van der Waals surface area (Å²) in [5.41, 5.74) is 0. The summed E-state index contributed by atoms with van der Waals surface area (Å²) < 4.78 is 36.2. The third-order valence-electron chi connectivity index (χ3n) is 1.30. The Morgan fingerprint density at radius 3 is 2.79 bits per heavy atom. The maximum absolute atomic E-state index is 12.1. The number of hydrogen-bond acceptors (Lipinski definition) is 4. The van der Waals surface area contributed by atoms with Gasteiger partial charge in [0.05, 0.1) is 18.7 Å². The Bertz CT molecular complexity index is 339. The molecule has 0 bridgehead atoms. The molecule has 0 spiro atoms. The molecule has 0 aliphatic carbocycles. The predicted molar refractivity (Wildman–Crippen MR) is 45.8 cm³/mol. The average Bonchev–Trinajstić information content (AvgIpc) is 2.52. The van der Waals surface area contributed by atoms with Crippen LogP contribution in [-0.2, 0) is 6.18 Å². The van der Waals surface area contributed by atoms with Crippen molar-refractivity contribution in [2.24, 2.45) is 0 Å². The predicted octanol–water partition coefficient (Wildman–Crippen LogP) is 2.49. The first-order valence-corrected chi connectivity index (χ1v) is 4.49. The number of nitriles is 1. The van der Waals surface area contributed by atoms with E-state index in [9.17, 15) is 13.2 Å². The second kappa shape index (κ2) is 4.28. The van der Waals surface area contributed by atoms with Crippen molar-refractivity contribution < 1.29 is 13.2 Å². The summed E-state index contributed by atoms with van der Waals surface area (Å²) >= 11 is 0.534. The Morgan fingerprint density at radius 2 is 2.29 bits per heavy atom. The lowest BCUT2D eigenvalue weighted by Gasteiger charge is -2.00. The summed E-state index contributed by atoms with van der Waals surface area (Å²) in [6, 6.07) is 1.87. The topological polar surface area (TPSA) is 48.7 Å². The van der Waals surface area contributed by atoms with E-state index < -0.39 is 11.1 Å². The van der Waals surface area contributed by atoms with Gasteiger partial charge in [0.1, 0.15) is 4.88 Å². The van der Waals surface area contributed by atoms with Crippen molar-refractivity contribution in [1.29, 1.82) is 5.26 Å². The van der Waals surface area contributed by atoms with Gasteiger partial charge in [-0.15, -0.1) is 0 Å². The molecule has 14 heavy (non-hydrogen) atoms. The Kier molecular flexibility index (Phi) is 3.30. The van der Waals surface area contributed by atoms with Crippen LogP contribution in [0.15, 0.2) is 6.20 Å². The minimum absolute atomic E-state index is 0.188. The van der Waals surface area contributed by atoms with Gasteiger partial charge in [0.2, 0.25) is 0 Å². The van der Waals surface area contributed by atoms with Gasteiger partial charge < -0.3 is 5.32 Å². The average molecular weight is 221 g/mol. The second-order valence-corrected chi connectivity index (χ2v) is 3.39. The molecule has 0 radical (unpaired) electrons. The summed E-state index contributed by atoms with van der Waals surface area (Å²) in [5.74, 6) is 0. The standard InChI is InChI=1S/C7H6F3N3S/c8-7(9,10)5-4-13-6(14-5)12-3-1-2-11/h4H,1,3H2,(H,12,13). The van der Waals surface area contributed by atoms with Crippen molar-refractivity contribution >= 4 is 16.5 Å². The SMILES string of the molecule is N#CCCNc1ncc(C(F)(F)F)s1. The van der Waals surface area contributed by atoms with Crippen LogP contribution in [0.1, 0.15) is 11.3 Å². The maximum atomic E-state index is 12.1. The molecule has 0 amide bonds. The number of thiazole rings is 1. The Hall–Kier alpha value is -1.29. The first kappa shape index (κ1) is 10.8. The minimum atomic E-state index is -4.34. The van der Waals surface area contributed by atoms with E-state index in [-0.39, 0.29) is 11.6 Å². The molecule has 76 valence electrons. The zero-order valence-electron chi connectivity index (χ0n) is 6.93. The molecule has 0 saturated heterocycles. The van der Waals surface area contributed by atoms with Gasteiger partial charge in [-0.2, -0.15) is 18.4 Å². The highest BCUT2D eigenvalue weighted by Gasteiger charge is 2.33. The van der Waals surface area contributed by atoms with Gasteiger partial charge in [-0.1, -0.05) is 11.3 Å². The second-order valence-electron chi connectivity index (χ2n) is 2.36. The van der Waals surface area contributed by atoms with E-state index in [0.717, 1.165) is 6.20 Å². The largest absolute Gasteiger partial charge is 0.427 e. The number of anilines is 1. The molecule has 1 heterocycles. The molecule has 0 aliphatic heterocycles. The lowest BCUT2D eigenvalue weighted by Crippen LogP contribution is -2.01. The molecule has 1 aromatic rings. The third kappa shape index (κ3) is 2.88. The number of aromatic nitrogens is 1. The van der Waals surface area contributed by atoms with Crippen molar-refractivity contribution in [3.8, 4) is 6.07 Å². The minimum Gasteiger partial charge on any atom is -0.360 e. The van der Waals surface area contributed by atoms with Crippen LogP contribution in [0.5, 0.6) is 0 Å². The number of alkyl halides is 3. The van der Waals surface area contributed by atoms with Crippen LogP contribution < -0.4 is 5.32 Å². The number of hydrogen-bond donors (Lipinski definition) is 1. The molecule has 1 aromatic heterocycles. The fourth-order valence-corrected chi connectivity index (χ4v) is 1.42. The molecule has 3 nitrogen and oxygen atoms in total. The number of halogens is 3. The molecule has 0 aliphatic rings. The van der Waals surface area contributed by atoms with E-state index in [4.69, 9.17) is 5.26 Å². The van der Waals surface area contributed by atoms with Gasteiger partial charge in [-0.3, -0.25) is 0 Å². The monoisotopic (exact) mass is 221 g/mol. The maximum Gasteiger partial charge on any atom is 0.427 e. The van der Waals surface area contributed by atoms with Crippen LogP contribution in [0.25, 0.3) is 0 Å². The third-order valence-corrected chi connectivity index (χ3v) is 2.30. The first-order chi connectivity index (χ1) is 6.54. The lowest BCUT2D eigenvalue weighted by molar-refractivity contribution is -0.134. The van der Waals surface area contributed by atoms with Gasteiger partial charge in [-0.05, 0) is 0 Å². The van der Waals surface area contributed by atoms with E-state index in [1.54, 1.807) is 0 Å². The lowest BCUT2D eigenvalue weighted by atomic mass is 10.5. The van der Waals surface area contributed by atoms with Gasteiger partial charge >= 0.3 is 6.18 Å². The van der Waals surface area contributed by atoms with E-state index >= 15 is 0 Å². The Balaban J connectivity index is 2.57. The first-order valence-electron chi connectivity index (χ1n) is 3.68. The highest BCUT2D eigenvalue weighted by molar-refractivity contribution is 7.15. The van der Waals surface area contributed by atoms with E-state index in [1.165, 1.54) is 0 Å². The van der Waals surface area contributed by atoms with Crippen LogP contribution in [0, 0.1) is 11.3 Å². The molecule has 0 fully saturated rings. The smallest absolute Gasteiger partial charge is 0.360 e. The van der Waals surface area contributed by atoms with Crippen LogP contribution >= 0.6 is 11.3 Å². The molecular weight excluding hydrogens is 215 g/mol. The fourth-order valence-electron chi connectivity index (χ4n) is 0.712. The van der Waals surface area contributed by atoms with Gasteiger partial charge in [0.25, 0.3) is 0 Å². The number of nitrogens with one attached hydrogen (secondary N) is 1. The normalized spacial score (nSPS) is 11.0. The van der Waals surface area contributed by atoms with Crippen LogP contribution in [-0.4, -0.2) is 11.5 Å². The number of nitrogens with zero attached hydrogens (tertiary/aromatic N) is 2. The molecule has 0 atom stereocenters. The van der Waals surface area contributed by atoms with E-state index in [1.807, 2.05) is 6.07 Å².